The summed E-state index contributed by atoms with van der Waals surface area (Å²) in [5.41, 5.74) is 7.58. The molecule has 110 valence electrons. The first-order valence-corrected chi connectivity index (χ1v) is 7.26. The molecule has 0 aliphatic carbocycles. The van der Waals surface area contributed by atoms with Gasteiger partial charge in [-0.3, -0.25) is 4.79 Å². The van der Waals surface area contributed by atoms with Crippen LogP contribution in [0.3, 0.4) is 0 Å². The average Bonchev–Trinajstić information content (AvgIpc) is 2.45. The van der Waals surface area contributed by atoms with Gasteiger partial charge in [-0.15, -0.1) is 0 Å². The fourth-order valence-corrected chi connectivity index (χ4v) is 2.37. The van der Waals surface area contributed by atoms with Crippen LogP contribution in [0.1, 0.15) is 15.9 Å². The van der Waals surface area contributed by atoms with E-state index in [1.54, 1.807) is 48.3 Å². The Morgan fingerprint density at radius 2 is 1.71 bits per heavy atom. The molecule has 0 unspecified atom stereocenters. The Balaban J connectivity index is 2.19. The molecule has 0 aromatic heterocycles. The molecular formula is C15H13Cl3N2O. The van der Waals surface area contributed by atoms with E-state index < -0.39 is 0 Å². The molecule has 2 aromatic rings. The number of rotatable bonds is 3. The van der Waals surface area contributed by atoms with Crippen LogP contribution in [0.4, 0.5) is 5.69 Å². The third-order valence-corrected chi connectivity index (χ3v) is 4.10. The molecule has 3 nitrogen and oxygen atoms in total. The Kier molecular flexibility index (Phi) is 4.99. The summed E-state index contributed by atoms with van der Waals surface area (Å²) >= 11 is 17.9. The highest BCUT2D eigenvalue weighted by atomic mass is 35.5. The van der Waals surface area contributed by atoms with Gasteiger partial charge >= 0.3 is 0 Å². The van der Waals surface area contributed by atoms with Crippen molar-refractivity contribution in [3.05, 3.63) is 62.6 Å². The first kappa shape index (κ1) is 16.0. The molecule has 2 rings (SSSR count). The molecule has 0 radical (unpaired) electrons. The van der Waals surface area contributed by atoms with Crippen LogP contribution in [0, 0.1) is 0 Å². The molecule has 6 heteroatoms. The molecule has 21 heavy (non-hydrogen) atoms. The second-order valence-corrected chi connectivity index (χ2v) is 5.86. The van der Waals surface area contributed by atoms with Crippen LogP contribution in [0.15, 0.2) is 36.4 Å². The van der Waals surface area contributed by atoms with Crippen LogP contribution >= 0.6 is 34.8 Å². The molecule has 1 amide bonds. The number of nitrogens with two attached hydrogens (primary N) is 1. The van der Waals surface area contributed by atoms with E-state index in [4.69, 9.17) is 40.5 Å². The van der Waals surface area contributed by atoms with Gasteiger partial charge < -0.3 is 10.6 Å². The number of benzene rings is 2. The lowest BCUT2D eigenvalue weighted by atomic mass is 10.1. The zero-order chi connectivity index (χ0) is 15.6. The molecule has 0 fully saturated rings. The van der Waals surface area contributed by atoms with Gasteiger partial charge in [0.25, 0.3) is 5.91 Å². The fraction of sp³-hybridized carbons (Fsp3) is 0.133. The van der Waals surface area contributed by atoms with Crippen molar-refractivity contribution < 1.29 is 4.79 Å². The van der Waals surface area contributed by atoms with Gasteiger partial charge in [0.15, 0.2) is 0 Å². The Hall–Kier alpha value is -1.42. The molecule has 0 saturated heterocycles. The largest absolute Gasteiger partial charge is 0.399 e. The Bertz CT molecular complexity index is 689. The number of halogens is 3. The van der Waals surface area contributed by atoms with E-state index in [0.29, 0.717) is 32.9 Å². The third-order valence-electron chi connectivity index (χ3n) is 2.99. The quantitative estimate of drug-likeness (QED) is 0.834. The van der Waals surface area contributed by atoms with Crippen molar-refractivity contribution in [3.63, 3.8) is 0 Å². The van der Waals surface area contributed by atoms with E-state index in [9.17, 15) is 4.79 Å². The van der Waals surface area contributed by atoms with Crippen molar-refractivity contribution in [1.29, 1.82) is 0 Å². The Morgan fingerprint density at radius 3 is 2.38 bits per heavy atom. The van der Waals surface area contributed by atoms with Crippen molar-refractivity contribution in [2.24, 2.45) is 0 Å². The lowest BCUT2D eigenvalue weighted by molar-refractivity contribution is 0.0785. The maximum Gasteiger partial charge on any atom is 0.253 e. The molecule has 0 aliphatic rings. The smallest absolute Gasteiger partial charge is 0.253 e. The SMILES string of the molecule is CN(Cc1cc(N)ccc1Cl)C(=O)c1ccc(Cl)c(Cl)c1. The summed E-state index contributed by atoms with van der Waals surface area (Å²) in [7, 11) is 1.68. The predicted molar refractivity (Wildman–Crippen MR) is 88.1 cm³/mol. The molecule has 0 atom stereocenters. The zero-order valence-electron chi connectivity index (χ0n) is 11.2. The lowest BCUT2D eigenvalue weighted by Gasteiger charge is -2.18. The number of hydrogen-bond acceptors (Lipinski definition) is 2. The van der Waals surface area contributed by atoms with Gasteiger partial charge in [-0.05, 0) is 42.0 Å². The van der Waals surface area contributed by atoms with Gasteiger partial charge in [-0.1, -0.05) is 34.8 Å². The predicted octanol–water partition coefficient (Wildman–Crippen LogP) is 4.50. The monoisotopic (exact) mass is 342 g/mol. The summed E-state index contributed by atoms with van der Waals surface area (Å²) in [4.78, 5) is 13.9. The van der Waals surface area contributed by atoms with E-state index >= 15 is 0 Å². The Morgan fingerprint density at radius 1 is 1.05 bits per heavy atom. The molecular weight excluding hydrogens is 331 g/mol. The first-order chi connectivity index (χ1) is 9.88. The number of nitrogen functional groups attached to an aromatic ring is 1. The van der Waals surface area contributed by atoms with Crippen LogP contribution in [0.5, 0.6) is 0 Å². The van der Waals surface area contributed by atoms with Crippen LogP contribution in [-0.4, -0.2) is 17.9 Å². The zero-order valence-corrected chi connectivity index (χ0v) is 13.5. The van der Waals surface area contributed by atoms with Gasteiger partial charge in [0.2, 0.25) is 0 Å². The fourth-order valence-electron chi connectivity index (χ4n) is 1.89. The van der Waals surface area contributed by atoms with Gasteiger partial charge in [0.05, 0.1) is 10.0 Å². The summed E-state index contributed by atoms with van der Waals surface area (Å²) in [6.07, 6.45) is 0. The third kappa shape index (κ3) is 3.82. The minimum Gasteiger partial charge on any atom is -0.399 e. The number of carbonyl (C=O) groups is 1. The highest BCUT2D eigenvalue weighted by molar-refractivity contribution is 6.42. The lowest BCUT2D eigenvalue weighted by Crippen LogP contribution is -2.26. The maximum absolute atomic E-state index is 12.4. The molecule has 0 spiro atoms. The van der Waals surface area contributed by atoms with Crippen LogP contribution < -0.4 is 5.73 Å². The summed E-state index contributed by atoms with van der Waals surface area (Å²) in [6.45, 7) is 0.350. The highest BCUT2D eigenvalue weighted by Gasteiger charge is 2.14. The van der Waals surface area contributed by atoms with Crippen LogP contribution in [0.25, 0.3) is 0 Å². The van der Waals surface area contributed by atoms with Gasteiger partial charge in [-0.2, -0.15) is 0 Å². The van der Waals surface area contributed by atoms with E-state index in [0.717, 1.165) is 5.56 Å². The first-order valence-electron chi connectivity index (χ1n) is 6.13. The standard InChI is InChI=1S/C15H13Cl3N2O/c1-20(8-10-6-11(19)3-5-12(10)16)15(21)9-2-4-13(17)14(18)7-9/h2-7H,8,19H2,1H3. The Labute approximate surface area is 138 Å². The van der Waals surface area contributed by atoms with E-state index in [-0.39, 0.29) is 5.91 Å². The summed E-state index contributed by atoms with van der Waals surface area (Å²) in [5, 5.41) is 1.32. The highest BCUT2D eigenvalue weighted by Crippen LogP contribution is 2.24. The van der Waals surface area contributed by atoms with Crippen molar-refractivity contribution in [2.45, 2.75) is 6.54 Å². The van der Waals surface area contributed by atoms with Crippen molar-refractivity contribution >= 4 is 46.4 Å². The maximum atomic E-state index is 12.4. The number of nitrogens with zero attached hydrogens (tertiary/aromatic N) is 1. The number of amides is 1. The molecule has 0 aliphatic heterocycles. The van der Waals surface area contributed by atoms with Gasteiger partial charge in [0.1, 0.15) is 0 Å². The number of hydrogen-bond donors (Lipinski definition) is 1. The average molecular weight is 344 g/mol. The minimum absolute atomic E-state index is 0.174. The van der Waals surface area contributed by atoms with Crippen molar-refractivity contribution in [3.8, 4) is 0 Å². The second-order valence-electron chi connectivity index (χ2n) is 4.64. The molecule has 0 saturated carbocycles. The summed E-state index contributed by atoms with van der Waals surface area (Å²) < 4.78 is 0. The topological polar surface area (TPSA) is 46.3 Å². The molecule has 0 bridgehead atoms. The second kappa shape index (κ2) is 6.56. The molecule has 0 heterocycles. The van der Waals surface area contributed by atoms with E-state index in [1.165, 1.54) is 0 Å². The summed E-state index contributed by atoms with van der Waals surface area (Å²) in [5.74, 6) is -0.174. The van der Waals surface area contributed by atoms with Gasteiger partial charge in [0, 0.05) is 29.9 Å². The van der Waals surface area contributed by atoms with Crippen LogP contribution in [0.2, 0.25) is 15.1 Å². The summed E-state index contributed by atoms with van der Waals surface area (Å²) in [6, 6.07) is 9.95. The van der Waals surface area contributed by atoms with E-state index in [1.807, 2.05) is 0 Å². The normalized spacial score (nSPS) is 10.5. The van der Waals surface area contributed by atoms with E-state index in [2.05, 4.69) is 0 Å². The minimum atomic E-state index is -0.174. The molecule has 2 aromatic carbocycles. The number of anilines is 1. The van der Waals surface area contributed by atoms with Crippen LogP contribution in [-0.2, 0) is 6.54 Å². The van der Waals surface area contributed by atoms with Crippen molar-refractivity contribution in [1.82, 2.24) is 4.90 Å². The van der Waals surface area contributed by atoms with Gasteiger partial charge in [-0.25, -0.2) is 0 Å². The van der Waals surface area contributed by atoms with Crippen molar-refractivity contribution in [2.75, 3.05) is 12.8 Å². The number of carbonyl (C=O) groups excluding carboxylic acids is 1. The molecule has 2 N–H and O–H groups in total.